The van der Waals surface area contributed by atoms with Crippen molar-refractivity contribution in [1.29, 1.82) is 0 Å². The summed E-state index contributed by atoms with van der Waals surface area (Å²) in [6.07, 6.45) is -0.371. The van der Waals surface area contributed by atoms with Gasteiger partial charge in [0.25, 0.3) is 0 Å². The first-order valence-electron chi connectivity index (χ1n) is 9.00. The van der Waals surface area contributed by atoms with Crippen molar-refractivity contribution in [3.63, 3.8) is 0 Å². The minimum Gasteiger partial charge on any atom is -0.392 e. The normalized spacial score (nSPS) is 13.8. The molecule has 0 saturated heterocycles. The number of hydrogen-bond acceptors (Lipinski definition) is 3. The molecule has 3 nitrogen and oxygen atoms in total. The average molecular weight is 339 g/mol. The lowest BCUT2D eigenvalue weighted by atomic mass is 9.98. The molecule has 0 aliphatic carbocycles. The molecule has 0 fully saturated rings. The Bertz CT molecular complexity index is 598. The highest BCUT2D eigenvalue weighted by molar-refractivity contribution is 5.84. The van der Waals surface area contributed by atoms with Crippen LogP contribution in [0.15, 0.2) is 60.7 Å². The van der Waals surface area contributed by atoms with Crippen LogP contribution in [-0.4, -0.2) is 27.9 Å². The van der Waals surface area contributed by atoms with Crippen LogP contribution in [0.2, 0.25) is 0 Å². The Balaban J connectivity index is 2.13. The monoisotopic (exact) mass is 339 g/mol. The van der Waals surface area contributed by atoms with Gasteiger partial charge in [0.05, 0.1) is 12.1 Å². The van der Waals surface area contributed by atoms with Crippen molar-refractivity contribution in [3.8, 4) is 0 Å². The van der Waals surface area contributed by atoms with Crippen molar-refractivity contribution in [2.24, 2.45) is 5.92 Å². The summed E-state index contributed by atoms with van der Waals surface area (Å²) in [5, 5.41) is 10.1. The number of hydrogen-bond donors (Lipinski definition) is 1. The first kappa shape index (κ1) is 19.4. The van der Waals surface area contributed by atoms with Crippen LogP contribution in [-0.2, 0) is 17.9 Å². The van der Waals surface area contributed by atoms with Gasteiger partial charge in [-0.2, -0.15) is 0 Å². The Labute approximate surface area is 151 Å². The fraction of sp³-hybridized carbons (Fsp3) is 0.409. The molecule has 0 saturated carbocycles. The van der Waals surface area contributed by atoms with Gasteiger partial charge in [0.1, 0.15) is 0 Å². The lowest BCUT2D eigenvalue weighted by Crippen LogP contribution is -2.40. The smallest absolute Gasteiger partial charge is 0.152 e. The molecular formula is C22H29NO2. The van der Waals surface area contributed by atoms with Gasteiger partial charge in [-0.25, -0.2) is 0 Å². The summed E-state index contributed by atoms with van der Waals surface area (Å²) in [6, 6.07) is 20.2. The van der Waals surface area contributed by atoms with Gasteiger partial charge >= 0.3 is 0 Å². The lowest BCUT2D eigenvalue weighted by Gasteiger charge is -2.29. The molecule has 0 aromatic heterocycles. The molecule has 25 heavy (non-hydrogen) atoms. The first-order valence-corrected chi connectivity index (χ1v) is 9.00. The Kier molecular flexibility index (Phi) is 7.35. The molecule has 1 N–H and O–H groups in total. The number of aliphatic hydroxyl groups is 1. The summed E-state index contributed by atoms with van der Waals surface area (Å²) in [4.78, 5) is 14.9. The van der Waals surface area contributed by atoms with Crippen LogP contribution < -0.4 is 0 Å². The van der Waals surface area contributed by atoms with E-state index in [2.05, 4.69) is 29.2 Å². The Hall–Kier alpha value is -1.97. The van der Waals surface area contributed by atoms with E-state index in [1.54, 1.807) is 0 Å². The third kappa shape index (κ3) is 6.11. The van der Waals surface area contributed by atoms with Gasteiger partial charge in [0, 0.05) is 19.5 Å². The number of ketones is 1. The zero-order valence-corrected chi connectivity index (χ0v) is 15.4. The molecule has 0 amide bonds. The van der Waals surface area contributed by atoms with E-state index in [-0.39, 0.29) is 24.2 Å². The molecule has 134 valence electrons. The molecule has 0 unspecified atom stereocenters. The third-order valence-electron chi connectivity index (χ3n) is 4.65. The van der Waals surface area contributed by atoms with Crippen LogP contribution in [0.25, 0.3) is 0 Å². The highest BCUT2D eigenvalue weighted by Gasteiger charge is 2.24. The molecule has 3 heteroatoms. The standard InChI is InChI=1S/C22H29NO2/c1-17(2)21(24)14-22(25)18(3)23(15-19-10-6-4-7-11-19)16-20-12-8-5-9-13-20/h4-13,17-18,21,24H,14-16H2,1-3H3/t18-,21+/m0/s1. The van der Waals surface area contributed by atoms with Crippen molar-refractivity contribution in [3.05, 3.63) is 71.8 Å². The number of aliphatic hydroxyl groups excluding tert-OH is 1. The predicted octanol–water partition coefficient (Wildman–Crippen LogP) is 4.05. The van der Waals surface area contributed by atoms with Crippen molar-refractivity contribution < 1.29 is 9.90 Å². The highest BCUT2D eigenvalue weighted by atomic mass is 16.3. The quantitative estimate of drug-likeness (QED) is 0.749. The molecule has 2 aromatic rings. The van der Waals surface area contributed by atoms with E-state index in [1.165, 1.54) is 11.1 Å². The average Bonchev–Trinajstić information content (AvgIpc) is 2.62. The summed E-state index contributed by atoms with van der Waals surface area (Å²) < 4.78 is 0. The number of rotatable bonds is 9. The molecule has 2 atom stereocenters. The van der Waals surface area contributed by atoms with Crippen LogP contribution in [0.3, 0.4) is 0 Å². The lowest BCUT2D eigenvalue weighted by molar-refractivity contribution is -0.126. The number of nitrogens with zero attached hydrogens (tertiary/aromatic N) is 1. The highest BCUT2D eigenvalue weighted by Crippen LogP contribution is 2.17. The van der Waals surface area contributed by atoms with Crippen LogP contribution in [0.1, 0.15) is 38.3 Å². The van der Waals surface area contributed by atoms with E-state index in [1.807, 2.05) is 57.2 Å². The van der Waals surface area contributed by atoms with Gasteiger partial charge in [-0.05, 0) is 24.0 Å². The molecule has 0 aliphatic heterocycles. The summed E-state index contributed by atoms with van der Waals surface area (Å²) in [7, 11) is 0. The fourth-order valence-electron chi connectivity index (χ4n) is 2.78. The maximum Gasteiger partial charge on any atom is 0.152 e. The van der Waals surface area contributed by atoms with E-state index in [9.17, 15) is 9.90 Å². The Morgan fingerprint density at radius 2 is 1.32 bits per heavy atom. The van der Waals surface area contributed by atoms with Crippen molar-refractivity contribution >= 4 is 5.78 Å². The molecule has 0 aliphatic rings. The zero-order chi connectivity index (χ0) is 18.2. The molecule has 0 radical (unpaired) electrons. The van der Waals surface area contributed by atoms with Crippen molar-refractivity contribution in [2.45, 2.75) is 52.4 Å². The molecule has 0 bridgehead atoms. The molecule has 0 spiro atoms. The SMILES string of the molecule is CC(C)[C@H](O)CC(=O)[C@H](C)N(Cc1ccccc1)Cc1ccccc1. The maximum atomic E-state index is 12.7. The molecule has 2 rings (SSSR count). The minimum atomic E-state index is -0.578. The second kappa shape index (κ2) is 9.50. The van der Waals surface area contributed by atoms with Crippen LogP contribution in [0, 0.1) is 5.92 Å². The van der Waals surface area contributed by atoms with Crippen LogP contribution in [0.5, 0.6) is 0 Å². The largest absolute Gasteiger partial charge is 0.392 e. The second-order valence-electron chi connectivity index (χ2n) is 7.03. The topological polar surface area (TPSA) is 40.5 Å². The van der Waals surface area contributed by atoms with Crippen molar-refractivity contribution in [2.75, 3.05) is 0 Å². The summed E-state index contributed by atoms with van der Waals surface area (Å²) >= 11 is 0. The Morgan fingerprint density at radius 1 is 0.880 bits per heavy atom. The van der Waals surface area contributed by atoms with E-state index < -0.39 is 6.10 Å². The van der Waals surface area contributed by atoms with E-state index in [4.69, 9.17) is 0 Å². The number of benzene rings is 2. The number of carbonyl (C=O) groups is 1. The van der Waals surface area contributed by atoms with E-state index in [0.717, 1.165) is 0 Å². The van der Waals surface area contributed by atoms with E-state index >= 15 is 0 Å². The molecule has 2 aromatic carbocycles. The van der Waals surface area contributed by atoms with Crippen LogP contribution >= 0.6 is 0 Å². The van der Waals surface area contributed by atoms with E-state index in [0.29, 0.717) is 13.1 Å². The number of Topliss-reactive ketones (excluding diaryl/α,β-unsaturated/α-hetero) is 1. The fourth-order valence-corrected chi connectivity index (χ4v) is 2.78. The first-order chi connectivity index (χ1) is 12.0. The zero-order valence-electron chi connectivity index (χ0n) is 15.4. The summed E-state index contributed by atoms with van der Waals surface area (Å²) in [6.45, 7) is 7.24. The number of carbonyl (C=O) groups excluding carboxylic acids is 1. The van der Waals surface area contributed by atoms with Crippen LogP contribution in [0.4, 0.5) is 0 Å². The minimum absolute atomic E-state index is 0.0906. The van der Waals surface area contributed by atoms with Gasteiger partial charge in [-0.15, -0.1) is 0 Å². The molecule has 0 heterocycles. The van der Waals surface area contributed by atoms with Gasteiger partial charge in [0.15, 0.2) is 5.78 Å². The maximum absolute atomic E-state index is 12.7. The second-order valence-corrected chi connectivity index (χ2v) is 7.03. The van der Waals surface area contributed by atoms with Crippen molar-refractivity contribution in [1.82, 2.24) is 4.90 Å². The van der Waals surface area contributed by atoms with Gasteiger partial charge in [0.2, 0.25) is 0 Å². The Morgan fingerprint density at radius 3 is 1.72 bits per heavy atom. The van der Waals surface area contributed by atoms with Gasteiger partial charge in [-0.3, -0.25) is 9.69 Å². The summed E-state index contributed by atoms with van der Waals surface area (Å²) in [5.74, 6) is 0.181. The predicted molar refractivity (Wildman–Crippen MR) is 102 cm³/mol. The van der Waals surface area contributed by atoms with Gasteiger partial charge < -0.3 is 5.11 Å². The summed E-state index contributed by atoms with van der Waals surface area (Å²) in [5.41, 5.74) is 2.37. The molecular weight excluding hydrogens is 310 g/mol. The van der Waals surface area contributed by atoms with Gasteiger partial charge in [-0.1, -0.05) is 74.5 Å². The third-order valence-corrected chi connectivity index (χ3v) is 4.65.